The SMILES string of the molecule is CCN1C(=O)c2cc(C(=O)NCc3ccc(F)cc3)nn2CC1(C)C(=O)NC1CCCC1. The molecule has 0 saturated heterocycles. The predicted molar refractivity (Wildman–Crippen MR) is 115 cm³/mol. The molecule has 1 aliphatic carbocycles. The number of fused-ring (bicyclic) bond motifs is 1. The number of aromatic nitrogens is 2. The van der Waals surface area contributed by atoms with E-state index in [2.05, 4.69) is 15.7 Å². The fourth-order valence-electron chi connectivity index (χ4n) is 4.53. The number of carbonyl (C=O) groups is 3. The van der Waals surface area contributed by atoms with Crippen molar-refractivity contribution in [1.82, 2.24) is 25.3 Å². The van der Waals surface area contributed by atoms with Crippen LogP contribution in [0.25, 0.3) is 0 Å². The number of hydrogen-bond donors (Lipinski definition) is 2. The van der Waals surface area contributed by atoms with Gasteiger partial charge in [-0.3, -0.25) is 19.1 Å². The summed E-state index contributed by atoms with van der Waals surface area (Å²) in [5.74, 6) is -1.30. The molecule has 1 aromatic heterocycles. The fourth-order valence-corrected chi connectivity index (χ4v) is 4.53. The number of carbonyl (C=O) groups excluding carboxylic acids is 3. The Morgan fingerprint density at radius 2 is 1.91 bits per heavy atom. The van der Waals surface area contributed by atoms with Crippen molar-refractivity contribution in [1.29, 1.82) is 0 Å². The van der Waals surface area contributed by atoms with Gasteiger partial charge in [0, 0.05) is 25.2 Å². The number of rotatable bonds is 6. The highest BCUT2D eigenvalue weighted by Crippen LogP contribution is 2.28. The maximum absolute atomic E-state index is 13.2. The van der Waals surface area contributed by atoms with E-state index in [0.29, 0.717) is 6.54 Å². The van der Waals surface area contributed by atoms with Crippen LogP contribution < -0.4 is 10.6 Å². The summed E-state index contributed by atoms with van der Waals surface area (Å²) in [6, 6.07) is 7.42. The number of halogens is 1. The first-order valence-electron chi connectivity index (χ1n) is 11.0. The quantitative estimate of drug-likeness (QED) is 0.719. The van der Waals surface area contributed by atoms with Crippen LogP contribution in [0, 0.1) is 5.82 Å². The van der Waals surface area contributed by atoms with Crippen LogP contribution in [0.4, 0.5) is 4.39 Å². The molecular formula is C23H28FN5O3. The van der Waals surface area contributed by atoms with Crippen molar-refractivity contribution in [3.63, 3.8) is 0 Å². The van der Waals surface area contributed by atoms with E-state index >= 15 is 0 Å². The van der Waals surface area contributed by atoms with Crippen LogP contribution in [0.5, 0.6) is 0 Å². The van der Waals surface area contributed by atoms with Crippen molar-refractivity contribution in [2.24, 2.45) is 0 Å². The first-order valence-corrected chi connectivity index (χ1v) is 11.0. The van der Waals surface area contributed by atoms with E-state index in [9.17, 15) is 18.8 Å². The summed E-state index contributed by atoms with van der Waals surface area (Å²) < 4.78 is 14.5. The summed E-state index contributed by atoms with van der Waals surface area (Å²) in [4.78, 5) is 40.5. The average molecular weight is 442 g/mol. The van der Waals surface area contributed by atoms with Gasteiger partial charge in [-0.05, 0) is 44.4 Å². The number of amides is 3. The molecule has 32 heavy (non-hydrogen) atoms. The molecular weight excluding hydrogens is 413 g/mol. The molecule has 9 heteroatoms. The summed E-state index contributed by atoms with van der Waals surface area (Å²) in [7, 11) is 0. The second-order valence-corrected chi connectivity index (χ2v) is 8.66. The molecule has 8 nitrogen and oxygen atoms in total. The number of likely N-dealkylation sites (N-methyl/N-ethyl adjacent to an activating group) is 1. The Morgan fingerprint density at radius 1 is 1.22 bits per heavy atom. The Kier molecular flexibility index (Phi) is 5.99. The first kappa shape index (κ1) is 22.0. The molecule has 1 saturated carbocycles. The minimum absolute atomic E-state index is 0.104. The molecule has 1 aliphatic heterocycles. The normalized spacial score (nSPS) is 20.8. The summed E-state index contributed by atoms with van der Waals surface area (Å²) in [6.07, 6.45) is 4.09. The molecule has 2 aromatic rings. The van der Waals surface area contributed by atoms with Gasteiger partial charge >= 0.3 is 0 Å². The molecule has 2 aliphatic rings. The van der Waals surface area contributed by atoms with Crippen molar-refractivity contribution >= 4 is 17.7 Å². The van der Waals surface area contributed by atoms with Gasteiger partial charge in [-0.2, -0.15) is 5.10 Å². The number of nitrogens with one attached hydrogen (secondary N) is 2. The monoisotopic (exact) mass is 441 g/mol. The maximum atomic E-state index is 13.2. The van der Waals surface area contributed by atoms with Crippen LogP contribution in [-0.4, -0.2) is 50.5 Å². The summed E-state index contributed by atoms with van der Waals surface area (Å²) >= 11 is 0. The third-order valence-corrected chi connectivity index (χ3v) is 6.39. The van der Waals surface area contributed by atoms with Crippen LogP contribution in [-0.2, 0) is 17.9 Å². The Balaban J connectivity index is 1.51. The summed E-state index contributed by atoms with van der Waals surface area (Å²) in [5, 5.41) is 10.2. The first-order chi connectivity index (χ1) is 15.3. The van der Waals surface area contributed by atoms with E-state index in [0.717, 1.165) is 31.2 Å². The van der Waals surface area contributed by atoms with E-state index in [1.165, 1.54) is 22.9 Å². The third kappa shape index (κ3) is 4.11. The zero-order valence-electron chi connectivity index (χ0n) is 18.4. The average Bonchev–Trinajstić information content (AvgIpc) is 3.43. The van der Waals surface area contributed by atoms with Gasteiger partial charge < -0.3 is 15.5 Å². The Morgan fingerprint density at radius 3 is 2.56 bits per heavy atom. The minimum Gasteiger partial charge on any atom is -0.351 e. The van der Waals surface area contributed by atoms with E-state index in [1.54, 1.807) is 24.0 Å². The van der Waals surface area contributed by atoms with Crippen molar-refractivity contribution in [2.45, 2.75) is 64.2 Å². The van der Waals surface area contributed by atoms with Gasteiger partial charge in [-0.1, -0.05) is 25.0 Å². The van der Waals surface area contributed by atoms with Gasteiger partial charge in [0.2, 0.25) is 5.91 Å². The van der Waals surface area contributed by atoms with Crippen LogP contribution in [0.3, 0.4) is 0 Å². The van der Waals surface area contributed by atoms with Crippen molar-refractivity contribution < 1.29 is 18.8 Å². The van der Waals surface area contributed by atoms with Crippen LogP contribution in [0.15, 0.2) is 30.3 Å². The van der Waals surface area contributed by atoms with Gasteiger partial charge in [0.1, 0.15) is 17.1 Å². The van der Waals surface area contributed by atoms with Gasteiger partial charge in [0.05, 0.1) is 6.54 Å². The molecule has 170 valence electrons. The van der Waals surface area contributed by atoms with E-state index < -0.39 is 11.4 Å². The molecule has 0 bridgehead atoms. The van der Waals surface area contributed by atoms with Crippen LogP contribution in [0.1, 0.15) is 66.1 Å². The lowest BCUT2D eigenvalue weighted by Crippen LogP contribution is -2.64. The standard InChI is InChI=1S/C23H28FN5O3/c1-3-28-21(31)19-12-18(20(30)25-13-15-8-10-16(24)11-9-15)27-29(19)14-23(28,2)22(32)26-17-6-4-5-7-17/h8-12,17H,3-7,13-14H2,1-2H3,(H,25,30)(H,26,32). The Hall–Kier alpha value is -3.23. The fraction of sp³-hybridized carbons (Fsp3) is 0.478. The van der Waals surface area contributed by atoms with E-state index in [-0.39, 0.29) is 48.2 Å². The van der Waals surface area contributed by atoms with Gasteiger partial charge in [0.15, 0.2) is 5.69 Å². The number of hydrogen-bond acceptors (Lipinski definition) is 4. The van der Waals surface area contributed by atoms with Gasteiger partial charge in [-0.25, -0.2) is 4.39 Å². The van der Waals surface area contributed by atoms with Crippen LogP contribution in [0.2, 0.25) is 0 Å². The molecule has 1 fully saturated rings. The lowest BCUT2D eigenvalue weighted by Gasteiger charge is -2.43. The second-order valence-electron chi connectivity index (χ2n) is 8.66. The highest BCUT2D eigenvalue weighted by Gasteiger charge is 2.48. The molecule has 1 atom stereocenters. The smallest absolute Gasteiger partial charge is 0.273 e. The molecule has 2 N–H and O–H groups in total. The highest BCUT2D eigenvalue weighted by atomic mass is 19.1. The second kappa shape index (κ2) is 8.72. The lowest BCUT2D eigenvalue weighted by molar-refractivity contribution is -0.133. The van der Waals surface area contributed by atoms with Crippen molar-refractivity contribution in [3.05, 3.63) is 53.1 Å². The van der Waals surface area contributed by atoms with Crippen molar-refractivity contribution in [3.8, 4) is 0 Å². The zero-order chi connectivity index (χ0) is 22.9. The van der Waals surface area contributed by atoms with Crippen molar-refractivity contribution in [2.75, 3.05) is 6.54 Å². The molecule has 2 heterocycles. The maximum Gasteiger partial charge on any atom is 0.273 e. The number of benzene rings is 1. The topological polar surface area (TPSA) is 96.3 Å². The van der Waals surface area contributed by atoms with E-state index in [4.69, 9.17) is 0 Å². The van der Waals surface area contributed by atoms with E-state index in [1.807, 2.05) is 6.92 Å². The number of nitrogens with zero attached hydrogens (tertiary/aromatic N) is 3. The minimum atomic E-state index is -1.09. The Bertz CT molecular complexity index is 1030. The zero-order valence-corrected chi connectivity index (χ0v) is 18.4. The molecule has 1 unspecified atom stereocenters. The molecule has 3 amide bonds. The highest BCUT2D eigenvalue weighted by molar-refractivity contribution is 6.01. The summed E-state index contributed by atoms with van der Waals surface area (Å²) in [5.41, 5.74) is 0.0416. The largest absolute Gasteiger partial charge is 0.351 e. The predicted octanol–water partition coefficient (Wildman–Crippen LogP) is 2.25. The molecule has 1 aromatic carbocycles. The van der Waals surface area contributed by atoms with Crippen LogP contribution >= 0.6 is 0 Å². The lowest BCUT2D eigenvalue weighted by atomic mass is 9.94. The van der Waals surface area contributed by atoms with Gasteiger partial charge in [0.25, 0.3) is 11.8 Å². The molecule has 0 radical (unpaired) electrons. The van der Waals surface area contributed by atoms with Gasteiger partial charge in [-0.15, -0.1) is 0 Å². The Labute approximate surface area is 186 Å². The summed E-state index contributed by atoms with van der Waals surface area (Å²) in [6.45, 7) is 4.33. The third-order valence-electron chi connectivity index (χ3n) is 6.39. The molecule has 0 spiro atoms. The molecule has 4 rings (SSSR count).